The summed E-state index contributed by atoms with van der Waals surface area (Å²) in [5.41, 5.74) is 2.42. The average Bonchev–Trinajstić information content (AvgIpc) is 3.25. The van der Waals surface area contributed by atoms with E-state index < -0.39 is 27.9 Å². The number of para-hydroxylation sites is 1. The first-order valence-electron chi connectivity index (χ1n) is 10.4. The fourth-order valence-electron chi connectivity index (χ4n) is 3.02. The maximum atomic E-state index is 12.7. The number of nitrogens with one attached hydrogen (secondary N) is 1. The third-order valence-corrected chi connectivity index (χ3v) is 7.35. The van der Waals surface area contributed by atoms with E-state index in [0.29, 0.717) is 16.9 Å². The quantitative estimate of drug-likeness (QED) is 0.201. The Bertz CT molecular complexity index is 1510. The lowest BCUT2D eigenvalue weighted by Crippen LogP contribution is -2.31. The van der Waals surface area contributed by atoms with Crippen molar-refractivity contribution in [2.75, 3.05) is 5.32 Å². The molecule has 4 rings (SSSR count). The molecule has 1 aromatic heterocycles. The number of nitrogens with zero attached hydrogens (tertiary/aromatic N) is 3. The highest BCUT2D eigenvalue weighted by molar-refractivity contribution is 7.89. The SMILES string of the molecule is CC(=O)C(N=Nc1ccc(OS(=O)(=O)c2nc3ccc(C)cc3s2)cc1)C(=O)Nc1ccccc1. The number of fused-ring (bicyclic) bond motifs is 1. The molecule has 9 nitrogen and oxygen atoms in total. The van der Waals surface area contributed by atoms with Crippen molar-refractivity contribution in [3.63, 3.8) is 0 Å². The molecule has 4 aromatic rings. The molecule has 0 saturated heterocycles. The van der Waals surface area contributed by atoms with Gasteiger partial charge < -0.3 is 9.50 Å². The number of rotatable bonds is 8. The van der Waals surface area contributed by atoms with E-state index in [1.165, 1.54) is 31.2 Å². The van der Waals surface area contributed by atoms with Gasteiger partial charge in [0.2, 0.25) is 10.4 Å². The number of aryl methyl sites for hydroxylation is 1. The molecule has 0 fully saturated rings. The second-order valence-electron chi connectivity index (χ2n) is 7.57. The lowest BCUT2D eigenvalue weighted by molar-refractivity contribution is -0.126. The molecular weight excluding hydrogens is 488 g/mol. The third-order valence-electron chi connectivity index (χ3n) is 4.74. The number of Topliss-reactive ketones (excluding diaryl/α,β-unsaturated/α-hetero) is 1. The summed E-state index contributed by atoms with van der Waals surface area (Å²) in [5, 5.41) is 10.4. The number of benzene rings is 3. The normalized spacial score (nSPS) is 12.5. The fourth-order valence-corrected chi connectivity index (χ4v) is 5.24. The van der Waals surface area contributed by atoms with Crippen LogP contribution in [0.3, 0.4) is 0 Å². The Hall–Kier alpha value is -3.96. The molecule has 0 saturated carbocycles. The molecule has 1 atom stereocenters. The summed E-state index contributed by atoms with van der Waals surface area (Å²) < 4.78 is 31.1. The summed E-state index contributed by atoms with van der Waals surface area (Å²) >= 11 is 1.03. The highest BCUT2D eigenvalue weighted by Crippen LogP contribution is 2.29. The van der Waals surface area contributed by atoms with Crippen molar-refractivity contribution in [3.8, 4) is 5.75 Å². The maximum absolute atomic E-state index is 12.7. The molecule has 0 aliphatic heterocycles. The van der Waals surface area contributed by atoms with Gasteiger partial charge in [0.05, 0.1) is 15.9 Å². The average molecular weight is 509 g/mol. The number of hydrogen-bond donors (Lipinski definition) is 1. The monoisotopic (exact) mass is 508 g/mol. The first kappa shape index (κ1) is 24.2. The molecule has 3 aromatic carbocycles. The minimum atomic E-state index is -4.12. The van der Waals surface area contributed by atoms with E-state index in [0.717, 1.165) is 21.6 Å². The number of azo groups is 1. The Morgan fingerprint density at radius 3 is 2.43 bits per heavy atom. The van der Waals surface area contributed by atoms with Gasteiger partial charge in [-0.15, -0.1) is 0 Å². The van der Waals surface area contributed by atoms with Crippen LogP contribution in [-0.2, 0) is 19.7 Å². The van der Waals surface area contributed by atoms with Crippen LogP contribution in [0.15, 0.2) is 87.4 Å². The van der Waals surface area contributed by atoms with Crippen molar-refractivity contribution >= 4 is 54.7 Å². The van der Waals surface area contributed by atoms with Gasteiger partial charge in [0.15, 0.2) is 5.78 Å². The lowest BCUT2D eigenvalue weighted by atomic mass is 10.2. The molecule has 1 amide bonds. The Balaban J connectivity index is 1.45. The molecule has 1 unspecified atom stereocenters. The molecule has 0 spiro atoms. The number of thiazole rings is 1. The minimum absolute atomic E-state index is 0.0596. The molecule has 11 heteroatoms. The number of anilines is 1. The summed E-state index contributed by atoms with van der Waals surface area (Å²) in [4.78, 5) is 28.5. The zero-order valence-corrected chi connectivity index (χ0v) is 20.3. The van der Waals surface area contributed by atoms with E-state index in [-0.39, 0.29) is 10.1 Å². The van der Waals surface area contributed by atoms with E-state index in [4.69, 9.17) is 4.18 Å². The van der Waals surface area contributed by atoms with E-state index in [9.17, 15) is 18.0 Å². The van der Waals surface area contributed by atoms with Gasteiger partial charge in [-0.2, -0.15) is 18.6 Å². The number of carbonyl (C=O) groups excluding carboxylic acids is 2. The van der Waals surface area contributed by atoms with Crippen molar-refractivity contribution in [2.45, 2.75) is 24.2 Å². The van der Waals surface area contributed by atoms with Crippen molar-refractivity contribution in [1.29, 1.82) is 0 Å². The Labute approximate surface area is 205 Å². The Morgan fingerprint density at radius 2 is 1.74 bits per heavy atom. The van der Waals surface area contributed by atoms with Crippen LogP contribution in [0.2, 0.25) is 0 Å². The summed E-state index contributed by atoms with van der Waals surface area (Å²) in [6.45, 7) is 3.16. The van der Waals surface area contributed by atoms with Gasteiger partial charge in [0.1, 0.15) is 5.75 Å². The van der Waals surface area contributed by atoms with Crippen LogP contribution in [0.25, 0.3) is 10.2 Å². The first-order valence-corrected chi connectivity index (χ1v) is 12.6. The number of amides is 1. The van der Waals surface area contributed by atoms with E-state index >= 15 is 0 Å². The number of aromatic nitrogens is 1. The van der Waals surface area contributed by atoms with Gasteiger partial charge in [0, 0.05) is 5.69 Å². The number of ketones is 1. The van der Waals surface area contributed by atoms with Gasteiger partial charge in [-0.05, 0) is 67.9 Å². The second kappa shape index (κ2) is 10.1. The van der Waals surface area contributed by atoms with E-state index in [1.807, 2.05) is 19.1 Å². The Kier molecular flexibility index (Phi) is 6.99. The molecule has 35 heavy (non-hydrogen) atoms. The number of hydrogen-bond acceptors (Lipinski definition) is 9. The van der Waals surface area contributed by atoms with Crippen molar-refractivity contribution in [2.24, 2.45) is 10.2 Å². The highest BCUT2D eigenvalue weighted by Gasteiger charge is 2.24. The molecule has 1 N–H and O–H groups in total. The predicted molar refractivity (Wildman–Crippen MR) is 133 cm³/mol. The van der Waals surface area contributed by atoms with Gasteiger partial charge >= 0.3 is 10.1 Å². The fraction of sp³-hybridized carbons (Fsp3) is 0.125. The van der Waals surface area contributed by atoms with Gasteiger partial charge in [-0.3, -0.25) is 9.59 Å². The van der Waals surface area contributed by atoms with Crippen LogP contribution in [0.4, 0.5) is 11.4 Å². The van der Waals surface area contributed by atoms with Crippen LogP contribution in [-0.4, -0.2) is 31.1 Å². The predicted octanol–water partition coefficient (Wildman–Crippen LogP) is 5.05. The second-order valence-corrected chi connectivity index (χ2v) is 10.3. The topological polar surface area (TPSA) is 127 Å². The summed E-state index contributed by atoms with van der Waals surface area (Å²) in [6.07, 6.45) is 0. The van der Waals surface area contributed by atoms with E-state index in [2.05, 4.69) is 20.5 Å². The van der Waals surface area contributed by atoms with E-state index in [1.54, 1.807) is 36.4 Å². The van der Waals surface area contributed by atoms with Crippen molar-refractivity contribution in [1.82, 2.24) is 4.98 Å². The molecule has 0 aliphatic carbocycles. The molecule has 0 bridgehead atoms. The molecule has 0 radical (unpaired) electrons. The zero-order chi connectivity index (χ0) is 25.0. The van der Waals surface area contributed by atoms with Gasteiger partial charge in [-0.25, -0.2) is 4.98 Å². The summed E-state index contributed by atoms with van der Waals surface area (Å²) in [7, 11) is -4.12. The Morgan fingerprint density at radius 1 is 1.03 bits per heavy atom. The lowest BCUT2D eigenvalue weighted by Gasteiger charge is -2.09. The third kappa shape index (κ3) is 5.94. The maximum Gasteiger partial charge on any atom is 0.366 e. The van der Waals surface area contributed by atoms with Gasteiger partial charge in [0.25, 0.3) is 5.91 Å². The molecule has 178 valence electrons. The molecule has 0 aliphatic rings. The smallest absolute Gasteiger partial charge is 0.366 e. The number of carbonyl (C=O) groups is 2. The first-order chi connectivity index (χ1) is 16.7. The van der Waals surface area contributed by atoms with Crippen molar-refractivity contribution in [3.05, 3.63) is 78.4 Å². The van der Waals surface area contributed by atoms with Crippen LogP contribution < -0.4 is 9.50 Å². The zero-order valence-electron chi connectivity index (χ0n) is 18.7. The van der Waals surface area contributed by atoms with Crippen LogP contribution >= 0.6 is 11.3 Å². The van der Waals surface area contributed by atoms with Gasteiger partial charge in [-0.1, -0.05) is 35.6 Å². The highest BCUT2D eigenvalue weighted by atomic mass is 32.3. The molecule has 1 heterocycles. The summed E-state index contributed by atoms with van der Waals surface area (Å²) in [5.74, 6) is -1.02. The van der Waals surface area contributed by atoms with Crippen LogP contribution in [0.5, 0.6) is 5.75 Å². The summed E-state index contributed by atoms with van der Waals surface area (Å²) in [6, 6.07) is 18.6. The standard InChI is InChI=1S/C24H20N4O5S2/c1-15-8-13-20-21(14-15)34-24(26-20)35(31,32)33-19-11-9-18(10-12-19)27-28-22(16(2)29)23(30)25-17-6-4-3-5-7-17/h3-14,22H,1-2H3,(H,25,30). The minimum Gasteiger partial charge on any atom is -0.377 e. The van der Waals surface area contributed by atoms with Crippen LogP contribution in [0, 0.1) is 6.92 Å². The van der Waals surface area contributed by atoms with Crippen LogP contribution in [0.1, 0.15) is 12.5 Å². The molecular formula is C24H20N4O5S2. The largest absolute Gasteiger partial charge is 0.377 e. The van der Waals surface area contributed by atoms with Crippen molar-refractivity contribution < 1.29 is 22.2 Å².